The molecule has 2 atom stereocenters. The molecule has 0 radical (unpaired) electrons. The van der Waals surface area contributed by atoms with E-state index in [1.165, 1.54) is 0 Å². The number of nitrogens with two attached hydrogens (primary N) is 1. The lowest BCUT2D eigenvalue weighted by atomic mass is 10.2. The average molecular weight is 233 g/mol. The third-order valence-electron chi connectivity index (χ3n) is 2.32. The summed E-state index contributed by atoms with van der Waals surface area (Å²) >= 11 is 11.5. The summed E-state index contributed by atoms with van der Waals surface area (Å²) in [5, 5.41) is 2.90. The number of alkyl halides is 1. The fourth-order valence-electron chi connectivity index (χ4n) is 1.56. The van der Waals surface area contributed by atoms with E-state index in [2.05, 4.69) is 5.32 Å². The molecular formula is C10H12Cl2NO+. The zero-order valence-electron chi connectivity index (χ0n) is 7.62. The highest BCUT2D eigenvalue weighted by Crippen LogP contribution is 2.18. The van der Waals surface area contributed by atoms with Crippen LogP contribution in [0.1, 0.15) is 11.8 Å². The Labute approximate surface area is 93.2 Å². The van der Waals surface area contributed by atoms with Gasteiger partial charge in [0.1, 0.15) is 12.6 Å². The van der Waals surface area contributed by atoms with Gasteiger partial charge in [-0.2, -0.15) is 0 Å². The van der Waals surface area contributed by atoms with E-state index in [4.69, 9.17) is 27.9 Å². The van der Waals surface area contributed by atoms with Crippen LogP contribution in [0.4, 0.5) is 0 Å². The molecule has 76 valence electrons. The molecule has 0 saturated carbocycles. The van der Waals surface area contributed by atoms with Crippen molar-refractivity contribution in [2.75, 3.05) is 12.4 Å². The molecule has 1 aliphatic rings. The standard InChI is InChI=1S/C10H11Cl2NO/c11-5-9-6-13-10(14-9)7-1-3-8(12)4-2-7/h1-4,9-10,13H,5-6H2/p+1/t9-,10-/m0/s1. The Morgan fingerprint density at radius 2 is 2.07 bits per heavy atom. The molecule has 1 aromatic carbocycles. The van der Waals surface area contributed by atoms with Gasteiger partial charge < -0.3 is 10.1 Å². The van der Waals surface area contributed by atoms with Crippen molar-refractivity contribution in [3.05, 3.63) is 34.9 Å². The highest BCUT2D eigenvalue weighted by Gasteiger charge is 2.28. The topological polar surface area (TPSA) is 25.8 Å². The second-order valence-corrected chi connectivity index (χ2v) is 4.10. The quantitative estimate of drug-likeness (QED) is 0.770. The highest BCUT2D eigenvalue weighted by molar-refractivity contribution is 6.30. The third-order valence-corrected chi connectivity index (χ3v) is 2.92. The highest BCUT2D eigenvalue weighted by atomic mass is 35.5. The Hall–Kier alpha value is -0.280. The second-order valence-electron chi connectivity index (χ2n) is 3.36. The number of hydrogen-bond acceptors (Lipinski definition) is 1. The van der Waals surface area contributed by atoms with Crippen LogP contribution in [0.2, 0.25) is 5.02 Å². The molecule has 0 spiro atoms. The molecule has 1 fully saturated rings. The molecule has 2 N–H and O–H groups in total. The van der Waals surface area contributed by atoms with Crippen LogP contribution in [-0.2, 0) is 4.74 Å². The zero-order valence-corrected chi connectivity index (χ0v) is 9.13. The van der Waals surface area contributed by atoms with E-state index < -0.39 is 0 Å². The Balaban J connectivity index is 2.06. The molecule has 14 heavy (non-hydrogen) atoms. The maximum atomic E-state index is 5.80. The van der Waals surface area contributed by atoms with Crippen molar-refractivity contribution >= 4 is 23.2 Å². The molecular weight excluding hydrogens is 221 g/mol. The van der Waals surface area contributed by atoms with Gasteiger partial charge in [0, 0.05) is 10.6 Å². The van der Waals surface area contributed by atoms with E-state index in [1.54, 1.807) is 0 Å². The Morgan fingerprint density at radius 3 is 2.64 bits per heavy atom. The van der Waals surface area contributed by atoms with Crippen molar-refractivity contribution in [3.63, 3.8) is 0 Å². The molecule has 0 bridgehead atoms. The van der Waals surface area contributed by atoms with E-state index in [0.29, 0.717) is 5.88 Å². The molecule has 1 aliphatic heterocycles. The van der Waals surface area contributed by atoms with Crippen molar-refractivity contribution in [2.24, 2.45) is 0 Å². The van der Waals surface area contributed by atoms with E-state index in [0.717, 1.165) is 17.1 Å². The summed E-state index contributed by atoms with van der Waals surface area (Å²) in [6, 6.07) is 7.73. The van der Waals surface area contributed by atoms with Crippen molar-refractivity contribution in [1.82, 2.24) is 0 Å². The van der Waals surface area contributed by atoms with Crippen molar-refractivity contribution in [1.29, 1.82) is 0 Å². The number of halogens is 2. The fraction of sp³-hybridized carbons (Fsp3) is 0.400. The maximum absolute atomic E-state index is 5.80. The van der Waals surface area contributed by atoms with Gasteiger partial charge in [0.15, 0.2) is 0 Å². The number of hydrogen-bond donors (Lipinski definition) is 1. The monoisotopic (exact) mass is 232 g/mol. The van der Waals surface area contributed by atoms with Gasteiger partial charge in [0.05, 0.1) is 5.88 Å². The molecule has 1 aromatic rings. The van der Waals surface area contributed by atoms with Crippen LogP contribution in [-0.4, -0.2) is 18.5 Å². The first kappa shape index (κ1) is 10.2. The predicted octanol–water partition coefficient (Wildman–Crippen LogP) is 1.54. The van der Waals surface area contributed by atoms with Crippen molar-refractivity contribution in [3.8, 4) is 0 Å². The van der Waals surface area contributed by atoms with Crippen LogP contribution in [0.15, 0.2) is 24.3 Å². The van der Waals surface area contributed by atoms with Crippen molar-refractivity contribution < 1.29 is 10.1 Å². The Bertz CT molecular complexity index is 301. The second kappa shape index (κ2) is 4.49. The summed E-state index contributed by atoms with van der Waals surface area (Å²) in [6.07, 6.45) is 0.244. The number of ether oxygens (including phenoxy) is 1. The van der Waals surface area contributed by atoms with Gasteiger partial charge in [0.2, 0.25) is 6.23 Å². The van der Waals surface area contributed by atoms with Crippen LogP contribution < -0.4 is 5.32 Å². The molecule has 0 aliphatic carbocycles. The summed E-state index contributed by atoms with van der Waals surface area (Å²) in [7, 11) is 0. The summed E-state index contributed by atoms with van der Waals surface area (Å²) in [4.78, 5) is 0. The minimum atomic E-state index is 0.0796. The lowest BCUT2D eigenvalue weighted by Crippen LogP contribution is -2.82. The molecule has 2 rings (SSSR count). The maximum Gasteiger partial charge on any atom is 0.217 e. The van der Waals surface area contributed by atoms with E-state index in [1.807, 2.05) is 24.3 Å². The van der Waals surface area contributed by atoms with Gasteiger partial charge in [-0.3, -0.25) is 0 Å². The van der Waals surface area contributed by atoms with Gasteiger partial charge >= 0.3 is 0 Å². The van der Waals surface area contributed by atoms with Gasteiger partial charge in [-0.15, -0.1) is 11.6 Å². The normalized spacial score (nSPS) is 26.7. The Kier molecular flexibility index (Phi) is 3.29. The summed E-state index contributed by atoms with van der Waals surface area (Å²) in [5.74, 6) is 0.556. The van der Waals surface area contributed by atoms with Crippen LogP contribution >= 0.6 is 23.2 Å². The zero-order chi connectivity index (χ0) is 9.97. The lowest BCUT2D eigenvalue weighted by molar-refractivity contribution is -0.697. The smallest absolute Gasteiger partial charge is 0.217 e. The van der Waals surface area contributed by atoms with E-state index >= 15 is 0 Å². The molecule has 1 saturated heterocycles. The van der Waals surface area contributed by atoms with Crippen molar-refractivity contribution in [2.45, 2.75) is 12.3 Å². The molecule has 2 nitrogen and oxygen atoms in total. The number of quaternary nitrogens is 1. The number of rotatable bonds is 2. The fourth-order valence-corrected chi connectivity index (χ4v) is 1.89. The number of benzene rings is 1. The van der Waals surface area contributed by atoms with Crippen LogP contribution in [0.3, 0.4) is 0 Å². The predicted molar refractivity (Wildman–Crippen MR) is 56.6 cm³/mol. The molecule has 0 amide bonds. The van der Waals surface area contributed by atoms with Crippen LogP contribution in [0.25, 0.3) is 0 Å². The summed E-state index contributed by atoms with van der Waals surface area (Å²) < 4.78 is 5.71. The Morgan fingerprint density at radius 1 is 1.36 bits per heavy atom. The first-order valence-electron chi connectivity index (χ1n) is 4.60. The largest absolute Gasteiger partial charge is 0.315 e. The lowest BCUT2D eigenvalue weighted by Gasteiger charge is -2.07. The van der Waals surface area contributed by atoms with Gasteiger partial charge in [-0.25, -0.2) is 0 Å². The first-order chi connectivity index (χ1) is 6.79. The molecule has 0 aromatic heterocycles. The minimum Gasteiger partial charge on any atom is -0.315 e. The van der Waals surface area contributed by atoms with Crippen LogP contribution in [0.5, 0.6) is 0 Å². The van der Waals surface area contributed by atoms with Crippen LogP contribution in [0, 0.1) is 0 Å². The summed E-state index contributed by atoms with van der Waals surface area (Å²) in [5.41, 5.74) is 1.14. The summed E-state index contributed by atoms with van der Waals surface area (Å²) in [6.45, 7) is 0.927. The average Bonchev–Trinajstić information content (AvgIpc) is 2.67. The minimum absolute atomic E-state index is 0.0796. The van der Waals surface area contributed by atoms with Gasteiger partial charge in [0.25, 0.3) is 0 Å². The van der Waals surface area contributed by atoms with Gasteiger partial charge in [-0.05, 0) is 24.3 Å². The molecule has 1 heterocycles. The molecule has 4 heteroatoms. The van der Waals surface area contributed by atoms with E-state index in [-0.39, 0.29) is 12.3 Å². The van der Waals surface area contributed by atoms with E-state index in [9.17, 15) is 0 Å². The van der Waals surface area contributed by atoms with Gasteiger partial charge in [-0.1, -0.05) is 11.6 Å². The molecule has 0 unspecified atom stereocenters. The first-order valence-corrected chi connectivity index (χ1v) is 5.51. The third kappa shape index (κ3) is 2.20. The SMILES string of the molecule is ClC[C@H]1C[NH2+][C@H](c2ccc(Cl)cc2)O1.